The Morgan fingerprint density at radius 2 is 1.10 bits per heavy atom. The molecule has 3 aliphatic heterocycles. The Morgan fingerprint density at radius 1 is 0.561 bits per heavy atom. The average Bonchev–Trinajstić information content (AvgIpc) is 0.748. The van der Waals surface area contributed by atoms with Gasteiger partial charge in [0.15, 0.2) is 12.2 Å². The molecule has 8 unspecified atom stereocenters. The Morgan fingerprint density at radius 3 is 1.71 bits per heavy atom. The van der Waals surface area contributed by atoms with E-state index in [4.69, 9.17) is 11.5 Å². The molecule has 0 aromatic carbocycles. The lowest BCUT2D eigenvalue weighted by molar-refractivity contribution is -0.983. The predicted molar refractivity (Wildman–Crippen MR) is 361 cm³/mol. The lowest BCUT2D eigenvalue weighted by Gasteiger charge is -2.54. The van der Waals surface area contributed by atoms with E-state index in [2.05, 4.69) is 74.4 Å². The van der Waals surface area contributed by atoms with Crippen LogP contribution in [0.1, 0.15) is 116 Å². The first-order chi connectivity index (χ1) is 50.9. The lowest BCUT2D eigenvalue weighted by Crippen LogP contribution is -3.29. The van der Waals surface area contributed by atoms with Gasteiger partial charge in [0.25, 0.3) is 5.91 Å². The molecule has 0 aromatic rings. The molecule has 3 heterocycles. The van der Waals surface area contributed by atoms with Gasteiger partial charge < -0.3 is 121 Å². The quantitative estimate of drug-likeness (QED) is 0.0117. The molecule has 107 heavy (non-hydrogen) atoms. The number of aliphatic hydroxyl groups is 6. The molecule has 0 spiro atoms. The summed E-state index contributed by atoms with van der Waals surface area (Å²) in [6, 6.07) is -17.1. The van der Waals surface area contributed by atoms with Crippen molar-refractivity contribution < 1.29 is 133 Å². The van der Waals surface area contributed by atoms with Gasteiger partial charge in [-0.15, -0.1) is 0 Å². The van der Waals surface area contributed by atoms with Crippen LogP contribution in [0.15, 0.2) is 0 Å². The first-order valence-corrected chi connectivity index (χ1v) is 35.2. The molecular weight excluding hydrogens is 1430 g/mol. The fraction of sp³-hybridized carbons (Fsp3) is 0.726. The molecule has 1 saturated carbocycles. The largest absolute Gasteiger partial charge is 0.481 e. The zero-order valence-electron chi connectivity index (χ0n) is 58.9. The molecule has 0 aromatic heterocycles. The second-order valence-electron chi connectivity index (χ2n) is 26.3. The van der Waals surface area contributed by atoms with Gasteiger partial charge >= 0.3 is 5.97 Å². The van der Waals surface area contributed by atoms with E-state index in [0.717, 1.165) is 0 Å². The van der Waals surface area contributed by atoms with Gasteiger partial charge in [-0.05, 0) is 90.0 Å². The summed E-state index contributed by atoms with van der Waals surface area (Å²) in [6.07, 6.45) is -4.42. The van der Waals surface area contributed by atoms with Crippen molar-refractivity contribution in [2.24, 2.45) is 17.4 Å². The number of carboxylic acids is 1. The van der Waals surface area contributed by atoms with Crippen molar-refractivity contribution in [2.75, 3.05) is 72.2 Å². The first kappa shape index (κ1) is 89.9. The van der Waals surface area contributed by atoms with Crippen LogP contribution in [0.5, 0.6) is 0 Å². The number of carbonyl (C=O) groups excluding carboxylic acids is 16. The van der Waals surface area contributed by atoms with Gasteiger partial charge in [-0.2, -0.15) is 0 Å². The molecule has 4 rings (SSSR count). The number of primary amides is 1. The third kappa shape index (κ3) is 30.0. The van der Waals surface area contributed by atoms with Crippen LogP contribution in [0.3, 0.4) is 0 Å². The van der Waals surface area contributed by atoms with Crippen molar-refractivity contribution in [1.29, 1.82) is 0 Å². The van der Waals surface area contributed by atoms with Gasteiger partial charge in [0.2, 0.25) is 89.6 Å². The number of hydrogen-bond donors (Lipinski definition) is 26. The molecule has 28 N–H and O–H groups in total. The van der Waals surface area contributed by atoms with Gasteiger partial charge in [-0.3, -0.25) is 97.2 Å². The van der Waals surface area contributed by atoms with E-state index in [0.29, 0.717) is 17.7 Å². The van der Waals surface area contributed by atoms with Crippen LogP contribution < -0.4 is 90.8 Å². The summed E-state index contributed by atoms with van der Waals surface area (Å²) >= 11 is 0. The number of piperidine rings is 1. The third-order valence-corrected chi connectivity index (χ3v) is 18.4. The minimum Gasteiger partial charge on any atom is -0.481 e. The highest BCUT2D eigenvalue weighted by atomic mass is 16.5. The number of carbonyl (C=O) groups is 17. The topological polar surface area (TPSA) is 704 Å². The number of aliphatic hydroxyl groups excluding tert-OH is 6. The summed E-state index contributed by atoms with van der Waals surface area (Å²) in [5.74, 6) is -15.7. The smallest absolute Gasteiger partial charge is 0.303 e. The first-order valence-electron chi connectivity index (χ1n) is 35.2. The Bertz CT molecular complexity index is 3070. The number of quaternary nitrogens is 1. The number of hydrogen-bond acceptors (Lipinski definition) is 27. The van der Waals surface area contributed by atoms with E-state index in [9.17, 15) is 128 Å². The number of amides is 16. The van der Waals surface area contributed by atoms with Crippen LogP contribution in [0.2, 0.25) is 0 Å². The zero-order valence-corrected chi connectivity index (χ0v) is 58.9. The maximum absolute atomic E-state index is 14.3. The molecule has 1 aliphatic carbocycles. The van der Waals surface area contributed by atoms with Crippen LogP contribution in [0.25, 0.3) is 0 Å². The van der Waals surface area contributed by atoms with E-state index < -0.39 is 245 Å². The minimum atomic E-state index is -1.97. The Labute approximate surface area is 612 Å². The average molecular weight is 1530 g/mol. The van der Waals surface area contributed by atoms with Crippen LogP contribution in [0, 0.1) is 5.92 Å². The normalized spacial score (nSPS) is 24.7. The van der Waals surface area contributed by atoms with Crippen molar-refractivity contribution in [2.45, 2.75) is 206 Å². The molecule has 4 aliphatic rings. The van der Waals surface area contributed by atoms with Crippen LogP contribution in [-0.2, 0) is 81.5 Å². The number of aliphatic carboxylic acids is 1. The summed E-state index contributed by atoms with van der Waals surface area (Å²) in [4.78, 5) is 223. The standard InChI is InChI=1S/C62H103N19O26/c63-16-3-1-7-33(72-60(103)42(29-85)78-62(105)43-15-18-65-52-38(71-48(91)13-12-47(64)90)21-32-22-45(88)46(89)23-44(32)81(43)52)53(96)67-24-49(92)70-35(9-5-19-79(106)30-86)57(100)77-41(28-84)61(104)76-40(27-83)55(98)68-25-50(93)69-34-8-2-4-17-66-54(97)39(26-82)75-59(102)37(11-14-51(94)95)74-58(101)36(73-56(34)99)10-6-20-80(107)31-87/h30-46,52,65,82-85,88-89,106-107H,1-29,63H2,(H2,64,90)(H,66,97)(H,67,96)(H,68,98)(H,69,93)(H,70,92)(H,71,91)(H,72,103)(H,73,99)(H,74,101)(H,75,102)(H,76,104)(H,77,100)(H,78,105)(H,94,95)/p+1/t32?,33-,34?,35-,36+,37-,38?,39-,40-,41+,42+,43-,44?,45?,46?,52?/m0/s1. The number of unbranched alkanes of at least 4 members (excludes halogenated alkanes) is 1. The molecule has 16 amide bonds. The summed E-state index contributed by atoms with van der Waals surface area (Å²) < 4.78 is 0. The molecule has 45 heteroatoms. The monoisotopic (exact) mass is 1530 g/mol. The van der Waals surface area contributed by atoms with Gasteiger partial charge in [0.1, 0.15) is 54.4 Å². The number of rotatable bonds is 41. The van der Waals surface area contributed by atoms with Crippen LogP contribution in [-0.4, -0.2) is 321 Å². The summed E-state index contributed by atoms with van der Waals surface area (Å²) in [6.45, 7) is -6.65. The number of nitrogens with one attached hydrogen (secondary N) is 15. The summed E-state index contributed by atoms with van der Waals surface area (Å²) in [5, 5.41) is 126. The third-order valence-electron chi connectivity index (χ3n) is 18.4. The zero-order chi connectivity index (χ0) is 79.4. The molecule has 602 valence electrons. The Kier molecular flexibility index (Phi) is 39.2. The van der Waals surface area contributed by atoms with Crippen LogP contribution in [0.4, 0.5) is 0 Å². The lowest BCUT2D eigenvalue weighted by atomic mass is 9.72. The molecule has 0 bridgehead atoms. The number of nitrogens with zero attached hydrogens (tertiary/aromatic N) is 2. The van der Waals surface area contributed by atoms with E-state index >= 15 is 0 Å². The summed E-state index contributed by atoms with van der Waals surface area (Å²) in [7, 11) is 0. The van der Waals surface area contributed by atoms with Crippen molar-refractivity contribution in [3.8, 4) is 0 Å². The van der Waals surface area contributed by atoms with Crippen LogP contribution >= 0.6 is 0 Å². The van der Waals surface area contributed by atoms with E-state index in [1.54, 1.807) is 0 Å². The SMILES string of the molecule is NCCCC[C@H](NC(=O)[C@@H](CO)NC(=O)[C@@H]1CCNC2C(NC(=O)CCC(N)=O)CC3CC(O)C(O)CC3[NH+]21)C(=O)NCC(=O)N[C@@H](CCCN(O)C=O)C(=O)N[C@H](CO)C(=O)N[C@@H](CO)C(=O)NCC(=O)NC1CCCCNC(=O)[C@H](CO)NC(=O)[C@H](CCC(=O)O)NC(=O)[C@@H](CCCN(O)C=O)NC1=O. The van der Waals surface area contributed by atoms with E-state index in [1.807, 2.05) is 0 Å². The van der Waals surface area contributed by atoms with Gasteiger partial charge in [0, 0.05) is 64.2 Å². The van der Waals surface area contributed by atoms with Crippen molar-refractivity contribution in [1.82, 2.24) is 84.6 Å². The highest BCUT2D eigenvalue weighted by molar-refractivity contribution is 5.99. The number of carboxylic acid groups (broad SMARTS) is 1. The fourth-order valence-electron chi connectivity index (χ4n) is 12.7. The minimum absolute atomic E-state index is 0.0302. The van der Waals surface area contributed by atoms with Gasteiger partial charge in [-0.1, -0.05) is 0 Å². The van der Waals surface area contributed by atoms with Gasteiger partial charge in [-0.25, -0.2) is 10.1 Å². The molecule has 0 radical (unpaired) electrons. The van der Waals surface area contributed by atoms with Gasteiger partial charge in [0.05, 0.1) is 63.8 Å². The predicted octanol–water partition coefficient (Wildman–Crippen LogP) is -14.7. The van der Waals surface area contributed by atoms with Crippen molar-refractivity contribution in [3.05, 3.63) is 0 Å². The van der Waals surface area contributed by atoms with E-state index in [1.165, 1.54) is 0 Å². The molecule has 3 saturated heterocycles. The molecule has 45 nitrogen and oxygen atoms in total. The maximum Gasteiger partial charge on any atom is 0.303 e. The Hall–Kier alpha value is -9.45. The molecule has 17 atom stereocenters. The number of fused-ring (bicyclic) bond motifs is 3. The Balaban J connectivity index is 1.42. The maximum atomic E-state index is 14.3. The highest BCUT2D eigenvalue weighted by Gasteiger charge is 2.56. The second-order valence-corrected chi connectivity index (χ2v) is 26.3. The fourth-order valence-corrected chi connectivity index (χ4v) is 12.7. The molecular formula is C62H104N19O26+. The van der Waals surface area contributed by atoms with Crippen molar-refractivity contribution >= 4 is 101 Å². The highest BCUT2D eigenvalue weighted by Crippen LogP contribution is 2.32. The number of hydroxylamine groups is 4. The molecule has 4 fully saturated rings. The second kappa shape index (κ2) is 46.6. The van der Waals surface area contributed by atoms with E-state index in [-0.39, 0.29) is 139 Å². The van der Waals surface area contributed by atoms with Crippen molar-refractivity contribution in [3.63, 3.8) is 0 Å². The number of nitrogens with two attached hydrogens (primary N) is 2. The summed E-state index contributed by atoms with van der Waals surface area (Å²) in [5.41, 5.74) is 11.0.